The number of nitrogens with one attached hydrogen (secondary N) is 1. The molecule has 40 heavy (non-hydrogen) atoms. The molecule has 196 valence electrons. The molecule has 12 nitrogen and oxygen atoms in total. The number of hydrogen-bond acceptors (Lipinski definition) is 8. The van der Waals surface area contributed by atoms with Crippen LogP contribution in [0.1, 0.15) is 40.4 Å². The molecule has 6 rings (SSSR count). The number of rotatable bonds is 5. The van der Waals surface area contributed by atoms with Crippen molar-refractivity contribution in [2.24, 2.45) is 11.7 Å². The summed E-state index contributed by atoms with van der Waals surface area (Å²) in [4.78, 5) is 52.7. The molecule has 1 unspecified atom stereocenters. The fraction of sp³-hybridized carbons (Fsp3) is 0.214. The molecule has 3 atom stereocenters. The van der Waals surface area contributed by atoms with Crippen molar-refractivity contribution in [1.29, 1.82) is 5.26 Å². The number of nitrogens with two attached hydrogens (primary N) is 1. The number of piperidine rings is 1. The van der Waals surface area contributed by atoms with Crippen LogP contribution < -0.4 is 11.1 Å². The van der Waals surface area contributed by atoms with Gasteiger partial charge in [0, 0.05) is 29.4 Å². The van der Waals surface area contributed by atoms with E-state index in [9.17, 15) is 14.4 Å². The Bertz CT molecular complexity index is 1780. The summed E-state index contributed by atoms with van der Waals surface area (Å²) in [5.41, 5.74) is 6.93. The van der Waals surface area contributed by atoms with Crippen LogP contribution in [0, 0.1) is 29.1 Å². The molecule has 3 N–H and O–H groups in total. The van der Waals surface area contributed by atoms with Crippen molar-refractivity contribution in [3.05, 3.63) is 77.6 Å². The first-order chi connectivity index (χ1) is 19.4. The van der Waals surface area contributed by atoms with Crippen LogP contribution in [0.4, 0.5) is 5.82 Å². The van der Waals surface area contributed by atoms with Crippen molar-refractivity contribution in [2.75, 3.05) is 5.32 Å². The van der Waals surface area contributed by atoms with E-state index in [4.69, 9.17) is 11.0 Å². The average molecular weight is 532 g/mol. The van der Waals surface area contributed by atoms with Gasteiger partial charge < -0.3 is 16.0 Å². The van der Waals surface area contributed by atoms with Gasteiger partial charge in [-0.25, -0.2) is 15.0 Å². The Kier molecular flexibility index (Phi) is 6.13. The van der Waals surface area contributed by atoms with Crippen LogP contribution in [0.5, 0.6) is 0 Å². The number of benzene rings is 1. The van der Waals surface area contributed by atoms with Gasteiger partial charge in [0.15, 0.2) is 5.69 Å². The maximum Gasteiger partial charge on any atom is 0.269 e. The Morgan fingerprint density at radius 1 is 1.07 bits per heavy atom. The van der Waals surface area contributed by atoms with Crippen LogP contribution in [0.25, 0.3) is 10.9 Å². The number of nitriles is 1. The highest BCUT2D eigenvalue weighted by Gasteiger charge is 2.56. The average Bonchev–Trinajstić information content (AvgIpc) is 3.47. The predicted molar refractivity (Wildman–Crippen MR) is 141 cm³/mol. The number of likely N-dealkylation sites (tertiary alicyclic amines) is 1. The van der Waals surface area contributed by atoms with Crippen molar-refractivity contribution in [2.45, 2.75) is 31.5 Å². The highest BCUT2D eigenvalue weighted by atomic mass is 16.2. The minimum absolute atomic E-state index is 0.0193. The molecule has 12 heteroatoms. The van der Waals surface area contributed by atoms with Gasteiger partial charge in [0.05, 0.1) is 5.52 Å². The predicted octanol–water partition coefficient (Wildman–Crippen LogP) is 1.22. The highest BCUT2D eigenvalue weighted by molar-refractivity contribution is 6.05. The maximum absolute atomic E-state index is 13.5. The second kappa shape index (κ2) is 9.93. The monoisotopic (exact) mass is 531 g/mol. The second-order valence-corrected chi connectivity index (χ2v) is 9.55. The second-order valence-electron chi connectivity index (χ2n) is 9.55. The van der Waals surface area contributed by atoms with Crippen molar-refractivity contribution >= 4 is 34.4 Å². The van der Waals surface area contributed by atoms with Gasteiger partial charge in [-0.15, -0.1) is 0 Å². The molecule has 1 aromatic carbocycles. The molecular weight excluding hydrogens is 510 g/mol. The molecule has 0 radical (unpaired) electrons. The van der Waals surface area contributed by atoms with Crippen LogP contribution in [-0.2, 0) is 16.1 Å². The Morgan fingerprint density at radius 3 is 2.67 bits per heavy atom. The lowest BCUT2D eigenvalue weighted by atomic mass is 10.1. The van der Waals surface area contributed by atoms with Gasteiger partial charge in [-0.2, -0.15) is 10.4 Å². The van der Waals surface area contributed by atoms with E-state index in [0.29, 0.717) is 28.7 Å². The van der Waals surface area contributed by atoms with Crippen molar-refractivity contribution < 1.29 is 14.4 Å². The van der Waals surface area contributed by atoms with Crippen LogP contribution >= 0.6 is 0 Å². The third kappa shape index (κ3) is 4.70. The van der Waals surface area contributed by atoms with Crippen LogP contribution in [0.3, 0.4) is 0 Å². The summed E-state index contributed by atoms with van der Waals surface area (Å²) in [5, 5.41) is 16.6. The molecule has 2 aliphatic rings. The van der Waals surface area contributed by atoms with E-state index in [1.54, 1.807) is 53.7 Å². The van der Waals surface area contributed by atoms with Gasteiger partial charge >= 0.3 is 0 Å². The molecule has 3 aromatic heterocycles. The first-order valence-electron chi connectivity index (χ1n) is 12.5. The van der Waals surface area contributed by atoms with Gasteiger partial charge in [0.25, 0.3) is 5.91 Å². The van der Waals surface area contributed by atoms with Gasteiger partial charge in [0.1, 0.15) is 30.2 Å². The lowest BCUT2D eigenvalue weighted by molar-refractivity contribution is -0.138. The van der Waals surface area contributed by atoms with Gasteiger partial charge in [-0.05, 0) is 61.1 Å². The zero-order valence-corrected chi connectivity index (χ0v) is 21.0. The summed E-state index contributed by atoms with van der Waals surface area (Å²) in [7, 11) is 0. The number of amides is 3. The van der Waals surface area contributed by atoms with Crippen molar-refractivity contribution in [1.82, 2.24) is 29.6 Å². The first kappa shape index (κ1) is 24.7. The summed E-state index contributed by atoms with van der Waals surface area (Å²) in [6.07, 6.45) is 4.55. The molecule has 3 amide bonds. The zero-order valence-electron chi connectivity index (χ0n) is 21.0. The molecule has 4 aromatic rings. The standard InChI is InChI=1S/C28H21N9O3/c29-14-18-3-1-4-24(33-18)34-28(40)22-13-17-12-21(17)37(22)25(38)15-36-20-7-5-16(6-8-23-31-9-2-10-32-23)11-19(20)26(35-36)27(30)39/h1-5,7,9-11,17,21-22H,12-13,15H2,(H2,30,39)(H,33,34,40)/t17-,21?,22+/m1/s1. The minimum Gasteiger partial charge on any atom is -0.364 e. The summed E-state index contributed by atoms with van der Waals surface area (Å²) < 4.78 is 1.43. The quantitative estimate of drug-likeness (QED) is 0.362. The van der Waals surface area contributed by atoms with Crippen LogP contribution in [0.15, 0.2) is 54.9 Å². The fourth-order valence-electron chi connectivity index (χ4n) is 5.09. The molecular formula is C28H21N9O3. The number of fused-ring (bicyclic) bond motifs is 2. The van der Waals surface area contributed by atoms with E-state index in [1.165, 1.54) is 10.7 Å². The molecule has 2 fully saturated rings. The van der Waals surface area contributed by atoms with Crippen molar-refractivity contribution in [3.63, 3.8) is 0 Å². The Hall–Kier alpha value is -5.62. The largest absolute Gasteiger partial charge is 0.364 e. The minimum atomic E-state index is -0.736. The van der Waals surface area contributed by atoms with E-state index in [2.05, 4.69) is 37.2 Å². The van der Waals surface area contributed by atoms with Crippen LogP contribution in [-0.4, -0.2) is 59.4 Å². The van der Waals surface area contributed by atoms with Crippen LogP contribution in [0.2, 0.25) is 0 Å². The van der Waals surface area contributed by atoms with Gasteiger partial charge in [0.2, 0.25) is 17.6 Å². The van der Waals surface area contributed by atoms with Crippen molar-refractivity contribution in [3.8, 4) is 17.9 Å². The van der Waals surface area contributed by atoms with Gasteiger partial charge in [-0.3, -0.25) is 19.1 Å². The lowest BCUT2D eigenvalue weighted by Gasteiger charge is -2.26. The molecule has 4 heterocycles. The normalized spacial score (nSPS) is 18.8. The highest BCUT2D eigenvalue weighted by Crippen LogP contribution is 2.48. The number of anilines is 1. The zero-order chi connectivity index (χ0) is 27.8. The molecule has 1 saturated heterocycles. The van der Waals surface area contributed by atoms with Gasteiger partial charge in [-0.1, -0.05) is 12.0 Å². The summed E-state index contributed by atoms with van der Waals surface area (Å²) in [6.45, 7) is -0.179. The number of carbonyl (C=O) groups excluding carboxylic acids is 3. The molecule has 0 spiro atoms. The Balaban J connectivity index is 1.24. The number of carbonyl (C=O) groups is 3. The fourth-order valence-corrected chi connectivity index (χ4v) is 5.09. The molecule has 0 bridgehead atoms. The summed E-state index contributed by atoms with van der Waals surface area (Å²) in [6, 6.07) is 12.8. The third-order valence-electron chi connectivity index (χ3n) is 6.96. The number of hydrogen-bond donors (Lipinski definition) is 2. The van der Waals surface area contributed by atoms with E-state index in [-0.39, 0.29) is 47.5 Å². The number of aromatic nitrogens is 5. The van der Waals surface area contributed by atoms with E-state index in [1.807, 2.05) is 6.07 Å². The number of primary amides is 1. The lowest BCUT2D eigenvalue weighted by Crippen LogP contribution is -2.46. The first-order valence-corrected chi connectivity index (χ1v) is 12.5. The smallest absolute Gasteiger partial charge is 0.269 e. The van der Waals surface area contributed by atoms with E-state index >= 15 is 0 Å². The summed E-state index contributed by atoms with van der Waals surface area (Å²) in [5.74, 6) is 5.29. The van der Waals surface area contributed by atoms with E-state index < -0.39 is 11.9 Å². The number of nitrogens with zero attached hydrogens (tertiary/aromatic N) is 7. The number of pyridine rings is 1. The third-order valence-corrected chi connectivity index (χ3v) is 6.96. The maximum atomic E-state index is 13.5. The topological polar surface area (TPSA) is 173 Å². The Labute approximate surface area is 227 Å². The van der Waals surface area contributed by atoms with E-state index in [0.717, 1.165) is 6.42 Å². The molecule has 1 saturated carbocycles. The summed E-state index contributed by atoms with van der Waals surface area (Å²) >= 11 is 0. The molecule has 1 aliphatic heterocycles. The molecule has 1 aliphatic carbocycles. The Morgan fingerprint density at radius 2 is 1.90 bits per heavy atom. The SMILES string of the molecule is N#Cc1cccc(NC(=O)[C@@H]2C[C@H]3CC3N2C(=O)Cn2nc(C(N)=O)c3cc(C#Cc4ncccn4)ccc32)n1.